The van der Waals surface area contributed by atoms with E-state index >= 15 is 0 Å². The second-order valence-electron chi connectivity index (χ2n) is 7.46. The molecule has 0 aromatic carbocycles. The highest BCUT2D eigenvalue weighted by atomic mass is 127. The Morgan fingerprint density at radius 2 is 1.83 bits per heavy atom. The first-order chi connectivity index (χ1) is 11.3. The zero-order valence-corrected chi connectivity index (χ0v) is 17.7. The monoisotopic (exact) mass is 450 g/mol. The predicted molar refractivity (Wildman–Crippen MR) is 110 cm³/mol. The third-order valence-electron chi connectivity index (χ3n) is 6.07. The molecule has 1 aliphatic carbocycles. The van der Waals surface area contributed by atoms with Crippen molar-refractivity contribution in [1.29, 1.82) is 0 Å². The van der Waals surface area contributed by atoms with Crippen molar-refractivity contribution in [2.75, 3.05) is 53.5 Å². The number of hydrogen-bond acceptors (Lipinski definition) is 3. The van der Waals surface area contributed by atoms with Crippen molar-refractivity contribution in [3.63, 3.8) is 0 Å². The maximum absolute atomic E-state index is 5.24. The Labute approximate surface area is 164 Å². The van der Waals surface area contributed by atoms with Gasteiger partial charge in [-0.3, -0.25) is 9.89 Å². The summed E-state index contributed by atoms with van der Waals surface area (Å²) in [4.78, 5) is 9.64. The molecule has 0 bridgehead atoms. The van der Waals surface area contributed by atoms with E-state index in [0.29, 0.717) is 6.04 Å². The molecule has 140 valence electrons. The molecule has 3 aliphatic rings. The van der Waals surface area contributed by atoms with Crippen LogP contribution in [0, 0.1) is 11.8 Å². The fourth-order valence-corrected chi connectivity index (χ4v) is 4.75. The maximum Gasteiger partial charge on any atom is 0.193 e. The van der Waals surface area contributed by atoms with Crippen LogP contribution < -0.4 is 5.32 Å². The summed E-state index contributed by atoms with van der Waals surface area (Å²) in [5.74, 6) is 2.94. The number of rotatable bonds is 5. The minimum Gasteiger partial charge on any atom is -0.383 e. The Balaban J connectivity index is 0.00000208. The first-order valence-electron chi connectivity index (χ1n) is 9.50. The largest absolute Gasteiger partial charge is 0.383 e. The van der Waals surface area contributed by atoms with Crippen molar-refractivity contribution < 1.29 is 4.74 Å². The second kappa shape index (κ2) is 10.2. The minimum atomic E-state index is 0. The molecule has 2 aliphatic heterocycles. The van der Waals surface area contributed by atoms with E-state index in [4.69, 9.17) is 4.74 Å². The van der Waals surface area contributed by atoms with Crippen LogP contribution >= 0.6 is 24.0 Å². The van der Waals surface area contributed by atoms with Crippen LogP contribution in [0.5, 0.6) is 0 Å². The van der Waals surface area contributed by atoms with Gasteiger partial charge < -0.3 is 15.0 Å². The van der Waals surface area contributed by atoms with E-state index in [1.54, 1.807) is 7.11 Å². The number of aliphatic imine (C=N–C) groups is 1. The van der Waals surface area contributed by atoms with Crippen LogP contribution in [-0.2, 0) is 4.74 Å². The molecule has 3 fully saturated rings. The Hall–Kier alpha value is -0.0800. The fourth-order valence-electron chi connectivity index (χ4n) is 4.75. The number of nitrogens with one attached hydrogen (secondary N) is 1. The van der Waals surface area contributed by atoms with Crippen molar-refractivity contribution in [1.82, 2.24) is 15.1 Å². The van der Waals surface area contributed by atoms with Crippen LogP contribution in [0.4, 0.5) is 0 Å². The minimum absolute atomic E-state index is 0. The summed E-state index contributed by atoms with van der Waals surface area (Å²) in [5, 5.41) is 3.66. The maximum atomic E-state index is 5.24. The van der Waals surface area contributed by atoms with Crippen molar-refractivity contribution in [3.8, 4) is 0 Å². The van der Waals surface area contributed by atoms with Gasteiger partial charge >= 0.3 is 0 Å². The molecule has 6 heteroatoms. The lowest BCUT2D eigenvalue weighted by Crippen LogP contribution is -2.46. The fraction of sp³-hybridized carbons (Fsp3) is 0.944. The molecule has 0 spiro atoms. The number of likely N-dealkylation sites (tertiary alicyclic amines) is 2. The zero-order valence-electron chi connectivity index (χ0n) is 15.4. The van der Waals surface area contributed by atoms with Gasteiger partial charge in [-0.15, -0.1) is 24.0 Å². The summed E-state index contributed by atoms with van der Waals surface area (Å²) in [7, 11) is 3.72. The molecule has 5 nitrogen and oxygen atoms in total. The van der Waals surface area contributed by atoms with Crippen LogP contribution in [0.1, 0.15) is 38.5 Å². The zero-order chi connectivity index (χ0) is 16.1. The van der Waals surface area contributed by atoms with Gasteiger partial charge in [0.05, 0.1) is 6.61 Å². The molecule has 0 aromatic heterocycles. The van der Waals surface area contributed by atoms with E-state index in [-0.39, 0.29) is 24.0 Å². The summed E-state index contributed by atoms with van der Waals surface area (Å²) < 4.78 is 5.24. The van der Waals surface area contributed by atoms with Gasteiger partial charge in [-0.05, 0) is 44.1 Å². The lowest BCUT2D eigenvalue weighted by molar-refractivity contribution is 0.141. The normalized spacial score (nSPS) is 31.0. The van der Waals surface area contributed by atoms with E-state index < -0.39 is 0 Å². The summed E-state index contributed by atoms with van der Waals surface area (Å²) in [6.07, 6.45) is 8.30. The molecular weight excluding hydrogens is 415 g/mol. The first kappa shape index (κ1) is 20.2. The molecule has 24 heavy (non-hydrogen) atoms. The van der Waals surface area contributed by atoms with Crippen molar-refractivity contribution >= 4 is 29.9 Å². The molecule has 0 aromatic rings. The van der Waals surface area contributed by atoms with Crippen molar-refractivity contribution in [2.24, 2.45) is 16.8 Å². The SMILES string of the molecule is CN=C(NCC1CCCN1CCOC)N1CC2CCCCC2C1.I. The third kappa shape index (κ3) is 4.97. The summed E-state index contributed by atoms with van der Waals surface area (Å²) in [6.45, 7) is 6.53. The second-order valence-corrected chi connectivity index (χ2v) is 7.46. The van der Waals surface area contributed by atoms with Crippen LogP contribution in [0.25, 0.3) is 0 Å². The lowest BCUT2D eigenvalue weighted by atomic mass is 9.82. The van der Waals surface area contributed by atoms with Gasteiger partial charge in [0.25, 0.3) is 0 Å². The number of hydrogen-bond donors (Lipinski definition) is 1. The summed E-state index contributed by atoms with van der Waals surface area (Å²) >= 11 is 0. The number of fused-ring (bicyclic) bond motifs is 1. The van der Waals surface area contributed by atoms with E-state index in [1.807, 2.05) is 7.05 Å². The molecule has 1 saturated carbocycles. The van der Waals surface area contributed by atoms with Crippen LogP contribution in [0.15, 0.2) is 4.99 Å². The highest BCUT2D eigenvalue weighted by Gasteiger charge is 2.35. The molecule has 0 amide bonds. The number of nitrogens with zero attached hydrogens (tertiary/aromatic N) is 3. The van der Waals surface area contributed by atoms with Gasteiger partial charge in [-0.2, -0.15) is 0 Å². The molecule has 3 atom stereocenters. The average molecular weight is 450 g/mol. The topological polar surface area (TPSA) is 40.1 Å². The van der Waals surface area contributed by atoms with Crippen LogP contribution in [-0.4, -0.2) is 75.3 Å². The van der Waals surface area contributed by atoms with Crippen LogP contribution in [0.3, 0.4) is 0 Å². The Morgan fingerprint density at radius 3 is 2.46 bits per heavy atom. The molecule has 3 unspecified atom stereocenters. The third-order valence-corrected chi connectivity index (χ3v) is 6.07. The predicted octanol–water partition coefficient (Wildman–Crippen LogP) is 2.41. The van der Waals surface area contributed by atoms with Gasteiger partial charge in [0, 0.05) is 46.4 Å². The Morgan fingerprint density at radius 1 is 1.12 bits per heavy atom. The molecule has 1 N–H and O–H groups in total. The smallest absolute Gasteiger partial charge is 0.193 e. The number of ether oxygens (including phenoxy) is 1. The molecule has 3 rings (SSSR count). The molecule has 2 saturated heterocycles. The summed E-state index contributed by atoms with van der Waals surface area (Å²) in [5.41, 5.74) is 0. The highest BCUT2D eigenvalue weighted by Crippen LogP contribution is 2.35. The van der Waals surface area contributed by atoms with Gasteiger partial charge in [-0.1, -0.05) is 12.8 Å². The quantitative estimate of drug-likeness (QED) is 0.397. The van der Waals surface area contributed by atoms with Gasteiger partial charge in [0.2, 0.25) is 0 Å². The Bertz CT molecular complexity index is 392. The molecule has 0 radical (unpaired) electrons. The van der Waals surface area contributed by atoms with E-state index in [9.17, 15) is 0 Å². The van der Waals surface area contributed by atoms with Gasteiger partial charge in [0.15, 0.2) is 5.96 Å². The Kier molecular flexibility index (Phi) is 8.57. The van der Waals surface area contributed by atoms with Crippen LogP contribution in [0.2, 0.25) is 0 Å². The standard InChI is InChI=1S/C18H34N4O.HI/c1-19-18(22-13-15-6-3-4-7-16(15)14-22)20-12-17-8-5-9-21(17)10-11-23-2;/h15-17H,3-14H2,1-2H3,(H,19,20);1H. The number of halogens is 1. The molecular formula is C18H35IN4O. The highest BCUT2D eigenvalue weighted by molar-refractivity contribution is 14.0. The number of methoxy groups -OCH3 is 1. The van der Waals surface area contributed by atoms with Crippen molar-refractivity contribution in [2.45, 2.75) is 44.6 Å². The van der Waals surface area contributed by atoms with Gasteiger partial charge in [-0.25, -0.2) is 0 Å². The molecule has 2 heterocycles. The average Bonchev–Trinajstić information content (AvgIpc) is 3.19. The van der Waals surface area contributed by atoms with E-state index in [1.165, 1.54) is 58.2 Å². The lowest BCUT2D eigenvalue weighted by Gasteiger charge is -2.27. The van der Waals surface area contributed by atoms with E-state index in [0.717, 1.165) is 37.5 Å². The number of guanidine groups is 1. The van der Waals surface area contributed by atoms with E-state index in [2.05, 4.69) is 20.1 Å². The van der Waals surface area contributed by atoms with Crippen molar-refractivity contribution in [3.05, 3.63) is 0 Å². The first-order valence-corrected chi connectivity index (χ1v) is 9.50. The summed E-state index contributed by atoms with van der Waals surface area (Å²) in [6, 6.07) is 0.631. The van der Waals surface area contributed by atoms with Gasteiger partial charge in [0.1, 0.15) is 0 Å².